The van der Waals surface area contributed by atoms with Gasteiger partial charge in [0.2, 0.25) is 0 Å². The fourth-order valence-electron chi connectivity index (χ4n) is 1.73. The van der Waals surface area contributed by atoms with Gasteiger partial charge in [0.1, 0.15) is 6.54 Å². The van der Waals surface area contributed by atoms with Crippen LogP contribution in [0.15, 0.2) is 23.4 Å². The Kier molecular flexibility index (Phi) is 3.94. The largest absolute Gasteiger partial charge is 0.465 e. The Hall–Kier alpha value is -2.60. The van der Waals surface area contributed by atoms with Gasteiger partial charge in [-0.25, -0.2) is 9.67 Å². The molecule has 0 saturated carbocycles. The Balaban J connectivity index is 2.38. The summed E-state index contributed by atoms with van der Waals surface area (Å²) in [4.78, 5) is 18.4. The molecule has 0 N–H and O–H groups in total. The molecule has 0 radical (unpaired) electrons. The SMILES string of the molecule is CCOC(=O)Cn1nc(CN=[N+]=[N-])c2cccnc21. The summed E-state index contributed by atoms with van der Waals surface area (Å²) in [5.74, 6) is -0.382. The monoisotopic (exact) mass is 260 g/mol. The summed E-state index contributed by atoms with van der Waals surface area (Å²) in [6.07, 6.45) is 1.61. The zero-order valence-corrected chi connectivity index (χ0v) is 10.4. The van der Waals surface area contributed by atoms with Crippen LogP contribution < -0.4 is 0 Å². The molecule has 0 aliphatic carbocycles. The molecular weight excluding hydrogens is 248 g/mol. The van der Waals surface area contributed by atoms with E-state index in [9.17, 15) is 4.79 Å². The van der Waals surface area contributed by atoms with Gasteiger partial charge in [0.25, 0.3) is 0 Å². The van der Waals surface area contributed by atoms with E-state index in [-0.39, 0.29) is 19.1 Å². The fraction of sp³-hybridized carbons (Fsp3) is 0.364. The van der Waals surface area contributed by atoms with Gasteiger partial charge in [0, 0.05) is 16.5 Å². The molecule has 0 aliphatic rings. The quantitative estimate of drug-likeness (QED) is 0.353. The molecule has 0 amide bonds. The number of rotatable bonds is 5. The molecule has 0 aliphatic heterocycles. The highest BCUT2D eigenvalue weighted by atomic mass is 16.5. The van der Waals surface area contributed by atoms with E-state index in [1.54, 1.807) is 19.2 Å². The second kappa shape index (κ2) is 5.83. The zero-order chi connectivity index (χ0) is 13.7. The van der Waals surface area contributed by atoms with Crippen LogP contribution in [0.2, 0.25) is 0 Å². The minimum absolute atomic E-state index is 0.0162. The molecule has 19 heavy (non-hydrogen) atoms. The molecule has 0 saturated heterocycles. The maximum absolute atomic E-state index is 11.5. The average Bonchev–Trinajstić information content (AvgIpc) is 2.75. The van der Waals surface area contributed by atoms with Crippen molar-refractivity contribution in [1.29, 1.82) is 0 Å². The van der Waals surface area contributed by atoms with Crippen LogP contribution in [-0.4, -0.2) is 27.3 Å². The zero-order valence-electron chi connectivity index (χ0n) is 10.4. The van der Waals surface area contributed by atoms with E-state index in [1.807, 2.05) is 6.07 Å². The van der Waals surface area contributed by atoms with Crippen LogP contribution in [-0.2, 0) is 22.6 Å². The van der Waals surface area contributed by atoms with Gasteiger partial charge in [0.15, 0.2) is 5.65 Å². The van der Waals surface area contributed by atoms with Crippen molar-refractivity contribution in [2.75, 3.05) is 6.61 Å². The van der Waals surface area contributed by atoms with E-state index in [4.69, 9.17) is 10.3 Å². The first-order valence-electron chi connectivity index (χ1n) is 5.73. The lowest BCUT2D eigenvalue weighted by molar-refractivity contribution is -0.143. The molecule has 8 nitrogen and oxygen atoms in total. The molecule has 8 heteroatoms. The molecule has 0 spiro atoms. The lowest BCUT2D eigenvalue weighted by Crippen LogP contribution is -2.14. The van der Waals surface area contributed by atoms with Crippen molar-refractivity contribution in [3.63, 3.8) is 0 Å². The first kappa shape index (κ1) is 12.8. The van der Waals surface area contributed by atoms with Gasteiger partial charge in [-0.3, -0.25) is 4.79 Å². The average molecular weight is 260 g/mol. The molecule has 2 rings (SSSR count). The van der Waals surface area contributed by atoms with Crippen LogP contribution in [0.4, 0.5) is 0 Å². The number of aromatic nitrogens is 3. The normalized spacial score (nSPS) is 10.2. The van der Waals surface area contributed by atoms with Crippen molar-refractivity contribution in [3.8, 4) is 0 Å². The van der Waals surface area contributed by atoms with Crippen molar-refractivity contribution in [2.45, 2.75) is 20.0 Å². The van der Waals surface area contributed by atoms with E-state index >= 15 is 0 Å². The summed E-state index contributed by atoms with van der Waals surface area (Å²) in [5, 5.41) is 8.48. The van der Waals surface area contributed by atoms with Gasteiger partial charge in [-0.05, 0) is 24.6 Å². The first-order chi connectivity index (χ1) is 9.26. The third-order valence-corrected chi connectivity index (χ3v) is 2.45. The van der Waals surface area contributed by atoms with E-state index in [2.05, 4.69) is 20.1 Å². The van der Waals surface area contributed by atoms with Gasteiger partial charge in [-0.15, -0.1) is 0 Å². The number of azide groups is 1. The summed E-state index contributed by atoms with van der Waals surface area (Å²) in [7, 11) is 0. The van der Waals surface area contributed by atoms with Crippen molar-refractivity contribution in [1.82, 2.24) is 14.8 Å². The number of carbonyl (C=O) groups excluding carboxylic acids is 1. The van der Waals surface area contributed by atoms with Crippen LogP contribution in [0.5, 0.6) is 0 Å². The molecule has 98 valence electrons. The number of fused-ring (bicyclic) bond motifs is 1. The molecule has 2 aromatic heterocycles. The van der Waals surface area contributed by atoms with Crippen LogP contribution in [0, 0.1) is 0 Å². The first-order valence-corrected chi connectivity index (χ1v) is 5.73. The van der Waals surface area contributed by atoms with Gasteiger partial charge in [0.05, 0.1) is 18.8 Å². The van der Waals surface area contributed by atoms with Crippen molar-refractivity contribution in [3.05, 3.63) is 34.5 Å². The van der Waals surface area contributed by atoms with Crippen molar-refractivity contribution in [2.24, 2.45) is 5.11 Å². The van der Waals surface area contributed by atoms with E-state index in [0.29, 0.717) is 17.9 Å². The second-order valence-electron chi connectivity index (χ2n) is 3.67. The topological polar surface area (TPSA) is 106 Å². The Morgan fingerprint density at radius 1 is 1.63 bits per heavy atom. The van der Waals surface area contributed by atoms with E-state index in [1.165, 1.54) is 4.68 Å². The van der Waals surface area contributed by atoms with Gasteiger partial charge >= 0.3 is 5.97 Å². The third-order valence-electron chi connectivity index (χ3n) is 2.45. The number of ether oxygens (including phenoxy) is 1. The summed E-state index contributed by atoms with van der Waals surface area (Å²) in [6.45, 7) is 2.16. The standard InChI is InChI=1S/C11H12N6O2/c1-2-19-10(18)7-17-11-8(4-3-5-13-11)9(15-17)6-14-16-12/h3-5H,2,6-7H2,1H3. The summed E-state index contributed by atoms with van der Waals surface area (Å²) >= 11 is 0. The predicted molar refractivity (Wildman–Crippen MR) is 67.0 cm³/mol. The minimum Gasteiger partial charge on any atom is -0.465 e. The number of nitrogens with zero attached hydrogens (tertiary/aromatic N) is 6. The Morgan fingerprint density at radius 3 is 3.21 bits per heavy atom. The molecule has 0 atom stereocenters. The van der Waals surface area contributed by atoms with E-state index in [0.717, 1.165) is 5.39 Å². The Bertz CT molecular complexity index is 644. The predicted octanol–water partition coefficient (Wildman–Crippen LogP) is 1.80. The molecule has 0 aromatic carbocycles. The van der Waals surface area contributed by atoms with Crippen LogP contribution in [0.25, 0.3) is 21.5 Å². The fourth-order valence-corrected chi connectivity index (χ4v) is 1.73. The van der Waals surface area contributed by atoms with Crippen LogP contribution in [0.3, 0.4) is 0 Å². The highest BCUT2D eigenvalue weighted by molar-refractivity contribution is 5.80. The molecule has 2 heterocycles. The van der Waals surface area contributed by atoms with Crippen molar-refractivity contribution < 1.29 is 9.53 Å². The van der Waals surface area contributed by atoms with Crippen molar-refractivity contribution >= 4 is 17.0 Å². The minimum atomic E-state index is -0.382. The molecule has 0 bridgehead atoms. The molecule has 0 fully saturated rings. The summed E-state index contributed by atoms with van der Waals surface area (Å²) < 4.78 is 6.33. The third kappa shape index (κ3) is 2.80. The maximum atomic E-state index is 11.5. The lowest BCUT2D eigenvalue weighted by Gasteiger charge is -2.02. The van der Waals surface area contributed by atoms with Gasteiger partial charge in [-0.2, -0.15) is 5.10 Å². The number of hydrogen-bond acceptors (Lipinski definition) is 5. The van der Waals surface area contributed by atoms with E-state index < -0.39 is 0 Å². The Labute approximate surface area is 108 Å². The number of pyridine rings is 1. The highest BCUT2D eigenvalue weighted by Gasteiger charge is 2.13. The smallest absolute Gasteiger partial charge is 0.327 e. The summed E-state index contributed by atoms with van der Waals surface area (Å²) in [6, 6.07) is 3.58. The molecular formula is C11H12N6O2. The lowest BCUT2D eigenvalue weighted by atomic mass is 10.2. The number of esters is 1. The van der Waals surface area contributed by atoms with Gasteiger partial charge in [-0.1, -0.05) is 5.11 Å². The Morgan fingerprint density at radius 2 is 2.47 bits per heavy atom. The number of carbonyl (C=O) groups is 1. The number of hydrogen-bond donors (Lipinski definition) is 0. The molecule has 2 aromatic rings. The molecule has 0 unspecified atom stereocenters. The maximum Gasteiger partial charge on any atom is 0.327 e. The second-order valence-corrected chi connectivity index (χ2v) is 3.67. The van der Waals surface area contributed by atoms with Crippen LogP contribution >= 0.6 is 0 Å². The summed E-state index contributed by atoms with van der Waals surface area (Å²) in [5.41, 5.74) is 9.51. The van der Waals surface area contributed by atoms with Crippen LogP contribution in [0.1, 0.15) is 12.6 Å². The van der Waals surface area contributed by atoms with Gasteiger partial charge < -0.3 is 4.74 Å². The highest BCUT2D eigenvalue weighted by Crippen LogP contribution is 2.17.